The molecular weight excluding hydrogens is 399 g/mol. The molecule has 1 aliphatic carbocycles. The molecule has 31 heavy (non-hydrogen) atoms. The molecule has 2 amide bonds. The van der Waals surface area contributed by atoms with E-state index in [0.29, 0.717) is 6.54 Å². The molecule has 1 aromatic carbocycles. The first kappa shape index (κ1) is 21.4. The van der Waals surface area contributed by atoms with Crippen molar-refractivity contribution in [3.63, 3.8) is 0 Å². The summed E-state index contributed by atoms with van der Waals surface area (Å²) >= 11 is 0. The Bertz CT molecular complexity index is 857. The maximum Gasteiger partial charge on any atom is 0.309 e. The summed E-state index contributed by atoms with van der Waals surface area (Å²) in [5, 5.41) is 5.63. The molecule has 1 saturated carbocycles. The molecule has 3 N–H and O–H groups in total. The van der Waals surface area contributed by atoms with Crippen molar-refractivity contribution in [2.75, 3.05) is 37.6 Å². The fourth-order valence-electron chi connectivity index (χ4n) is 4.58. The van der Waals surface area contributed by atoms with Crippen molar-refractivity contribution >= 4 is 17.5 Å². The predicted molar refractivity (Wildman–Crippen MR) is 114 cm³/mol. The van der Waals surface area contributed by atoms with Crippen LogP contribution in [0.15, 0.2) is 47.1 Å². The number of carbonyl (C=O) groups is 2. The van der Waals surface area contributed by atoms with Crippen LogP contribution >= 0.6 is 0 Å². The van der Waals surface area contributed by atoms with E-state index >= 15 is 0 Å². The van der Waals surface area contributed by atoms with Crippen molar-refractivity contribution in [2.45, 2.75) is 37.8 Å². The van der Waals surface area contributed by atoms with Crippen molar-refractivity contribution in [3.05, 3.63) is 54.2 Å². The summed E-state index contributed by atoms with van der Waals surface area (Å²) < 4.78 is 18.8. The van der Waals surface area contributed by atoms with E-state index in [2.05, 4.69) is 15.5 Å². The average molecular weight is 430 g/mol. The largest absolute Gasteiger partial charge is 0.463 e. The van der Waals surface area contributed by atoms with E-state index in [1.54, 1.807) is 18.4 Å². The van der Waals surface area contributed by atoms with Crippen LogP contribution in [0, 0.1) is 5.82 Å². The number of amides is 2. The monoisotopic (exact) mass is 429 g/mol. The van der Waals surface area contributed by atoms with Crippen LogP contribution in [-0.4, -0.2) is 50.6 Å². The first-order chi connectivity index (χ1) is 15.1. The smallest absolute Gasteiger partial charge is 0.309 e. The quantitative estimate of drug-likeness (QED) is 0.600. The Morgan fingerprint density at radius 3 is 2.45 bits per heavy atom. The van der Waals surface area contributed by atoms with Crippen LogP contribution in [0.4, 0.5) is 10.1 Å². The highest BCUT2D eigenvalue weighted by molar-refractivity contribution is 6.35. The van der Waals surface area contributed by atoms with Crippen LogP contribution in [0.25, 0.3) is 0 Å². The minimum atomic E-state index is -0.590. The molecule has 4 rings (SSSR count). The Kier molecular flexibility index (Phi) is 6.86. The van der Waals surface area contributed by atoms with Gasteiger partial charge in [0.1, 0.15) is 5.82 Å². The summed E-state index contributed by atoms with van der Waals surface area (Å²) in [5.41, 5.74) is 1.01. The zero-order chi connectivity index (χ0) is 21.6. The van der Waals surface area contributed by atoms with Crippen molar-refractivity contribution < 1.29 is 23.3 Å². The molecule has 166 valence electrons. The van der Waals surface area contributed by atoms with Gasteiger partial charge < -0.3 is 24.9 Å². The van der Waals surface area contributed by atoms with Gasteiger partial charge in [0.05, 0.1) is 39.0 Å². The zero-order valence-electron chi connectivity index (χ0n) is 17.6. The molecule has 2 heterocycles. The highest BCUT2D eigenvalue weighted by Crippen LogP contribution is 2.18. The summed E-state index contributed by atoms with van der Waals surface area (Å²) in [6, 6.07) is 10.3. The van der Waals surface area contributed by atoms with Crippen molar-refractivity contribution in [3.8, 4) is 0 Å². The Morgan fingerprint density at radius 2 is 1.81 bits per heavy atom. The zero-order valence-corrected chi connectivity index (χ0v) is 17.6. The van der Waals surface area contributed by atoms with Gasteiger partial charge in [0, 0.05) is 11.7 Å². The molecule has 2 fully saturated rings. The molecule has 0 unspecified atom stereocenters. The van der Waals surface area contributed by atoms with E-state index in [0.717, 1.165) is 63.3 Å². The number of hydrogen-bond donors (Lipinski definition) is 3. The van der Waals surface area contributed by atoms with Crippen LogP contribution in [0.5, 0.6) is 0 Å². The topological polar surface area (TPSA) is 79.0 Å². The van der Waals surface area contributed by atoms with Gasteiger partial charge in [0.25, 0.3) is 0 Å². The molecular formula is C23H30FN4O3+. The summed E-state index contributed by atoms with van der Waals surface area (Å²) in [4.78, 5) is 28.1. The minimum absolute atomic E-state index is 0.0754. The number of hydrogen-bond acceptors (Lipinski definition) is 4. The number of carbonyl (C=O) groups excluding carboxylic acids is 2. The molecule has 8 heteroatoms. The SMILES string of the molecule is O=C(NC[C@H](c1ccco1)[NH+]1CCN(c2ccc(F)cc2)CC1)C(=O)NC1CCCC1. The Balaban J connectivity index is 1.33. The Hall–Kier alpha value is -2.87. The minimum Gasteiger partial charge on any atom is -0.463 e. The van der Waals surface area contributed by atoms with Gasteiger partial charge in [-0.25, -0.2) is 4.39 Å². The first-order valence-electron chi connectivity index (χ1n) is 11.1. The van der Waals surface area contributed by atoms with Crippen molar-refractivity contribution in [1.29, 1.82) is 0 Å². The number of benzene rings is 1. The van der Waals surface area contributed by atoms with Gasteiger partial charge in [-0.2, -0.15) is 0 Å². The molecule has 0 radical (unpaired) electrons. The Labute approximate surface area is 181 Å². The fraction of sp³-hybridized carbons (Fsp3) is 0.478. The number of piperazine rings is 1. The first-order valence-corrected chi connectivity index (χ1v) is 11.1. The molecule has 1 atom stereocenters. The number of nitrogens with zero attached hydrogens (tertiary/aromatic N) is 1. The molecule has 1 aromatic heterocycles. The van der Waals surface area contributed by atoms with Gasteiger partial charge in [-0.1, -0.05) is 12.8 Å². The van der Waals surface area contributed by atoms with Gasteiger partial charge >= 0.3 is 11.8 Å². The number of rotatable bonds is 6. The maximum atomic E-state index is 13.2. The van der Waals surface area contributed by atoms with E-state index in [9.17, 15) is 14.0 Å². The van der Waals surface area contributed by atoms with Gasteiger partial charge in [-0.05, 0) is 49.2 Å². The van der Waals surface area contributed by atoms with Crippen LogP contribution < -0.4 is 20.4 Å². The highest BCUT2D eigenvalue weighted by atomic mass is 19.1. The standard InChI is InChI=1S/C23H29FN4O3/c24-17-7-9-19(10-8-17)27-11-13-28(14-12-27)20(21-6-3-15-31-21)16-25-22(29)23(30)26-18-4-1-2-5-18/h3,6-10,15,18,20H,1-2,4-5,11-14,16H2,(H,25,29)(H,26,30)/p+1/t20-/m1/s1. The fourth-order valence-corrected chi connectivity index (χ4v) is 4.58. The van der Waals surface area contributed by atoms with Crippen LogP contribution in [0.1, 0.15) is 37.5 Å². The number of nitrogens with one attached hydrogen (secondary N) is 3. The molecule has 0 bridgehead atoms. The summed E-state index contributed by atoms with van der Waals surface area (Å²) in [6.07, 6.45) is 5.71. The summed E-state index contributed by atoms with van der Waals surface area (Å²) in [6.45, 7) is 3.64. The second-order valence-electron chi connectivity index (χ2n) is 8.35. The van der Waals surface area contributed by atoms with Gasteiger partial charge in [-0.3, -0.25) is 9.59 Å². The number of halogens is 1. The molecule has 2 aromatic rings. The van der Waals surface area contributed by atoms with Gasteiger partial charge in [0.15, 0.2) is 11.8 Å². The normalized spacial score (nSPS) is 18.7. The number of anilines is 1. The van der Waals surface area contributed by atoms with Gasteiger partial charge in [0.2, 0.25) is 0 Å². The van der Waals surface area contributed by atoms with Crippen molar-refractivity contribution in [1.82, 2.24) is 10.6 Å². The third-order valence-electron chi connectivity index (χ3n) is 6.34. The third-order valence-corrected chi connectivity index (χ3v) is 6.34. The van der Waals surface area contributed by atoms with E-state index in [4.69, 9.17) is 4.42 Å². The van der Waals surface area contributed by atoms with Crippen LogP contribution in [-0.2, 0) is 9.59 Å². The molecule has 2 aliphatic rings. The lowest BCUT2D eigenvalue weighted by atomic mass is 10.1. The number of furan rings is 1. The van der Waals surface area contributed by atoms with Crippen LogP contribution in [0.3, 0.4) is 0 Å². The van der Waals surface area contributed by atoms with Crippen molar-refractivity contribution in [2.24, 2.45) is 0 Å². The third kappa shape index (κ3) is 5.44. The van der Waals surface area contributed by atoms with Crippen LogP contribution in [0.2, 0.25) is 0 Å². The lowest BCUT2D eigenvalue weighted by molar-refractivity contribution is -0.932. The molecule has 1 aliphatic heterocycles. The highest BCUT2D eigenvalue weighted by Gasteiger charge is 2.32. The van der Waals surface area contributed by atoms with Gasteiger partial charge in [-0.15, -0.1) is 0 Å². The second kappa shape index (κ2) is 9.96. The van der Waals surface area contributed by atoms with E-state index in [-0.39, 0.29) is 17.9 Å². The summed E-state index contributed by atoms with van der Waals surface area (Å²) in [7, 11) is 0. The Morgan fingerprint density at radius 1 is 1.10 bits per heavy atom. The summed E-state index contributed by atoms with van der Waals surface area (Å²) in [5.74, 6) is -0.589. The molecule has 7 nitrogen and oxygen atoms in total. The number of quaternary nitrogens is 1. The van der Waals surface area contributed by atoms with E-state index in [1.807, 2.05) is 12.1 Å². The molecule has 1 saturated heterocycles. The van der Waals surface area contributed by atoms with E-state index in [1.165, 1.54) is 17.0 Å². The second-order valence-corrected chi connectivity index (χ2v) is 8.35. The lowest BCUT2D eigenvalue weighted by Gasteiger charge is -2.37. The lowest BCUT2D eigenvalue weighted by Crippen LogP contribution is -3.15. The maximum absolute atomic E-state index is 13.2. The average Bonchev–Trinajstić information content (AvgIpc) is 3.49. The molecule has 0 spiro atoms. The predicted octanol–water partition coefficient (Wildman–Crippen LogP) is 1.04. The van der Waals surface area contributed by atoms with E-state index < -0.39 is 11.8 Å².